The summed E-state index contributed by atoms with van der Waals surface area (Å²) in [6.45, 7) is 2.07. The summed E-state index contributed by atoms with van der Waals surface area (Å²) in [5.41, 5.74) is 0.738. The molecule has 1 aromatic rings. The summed E-state index contributed by atoms with van der Waals surface area (Å²) in [6.07, 6.45) is 3.38. The van der Waals surface area contributed by atoms with E-state index < -0.39 is 5.97 Å². The fraction of sp³-hybridized carbons (Fsp3) is 0.231. The molecule has 0 heterocycles. The van der Waals surface area contributed by atoms with Crippen LogP contribution in [-0.2, 0) is 9.53 Å². The monoisotopic (exact) mass is 268 g/mol. The lowest BCUT2D eigenvalue weighted by Crippen LogP contribution is -2.01. The summed E-state index contributed by atoms with van der Waals surface area (Å²) in [7, 11) is 0. The number of ether oxygens (including phenoxy) is 1. The van der Waals surface area contributed by atoms with E-state index in [1.165, 1.54) is 12.1 Å². The first-order valence-electron chi connectivity index (χ1n) is 5.39. The topological polar surface area (TPSA) is 63.6 Å². The largest absolute Gasteiger partial charge is 0.478 e. The van der Waals surface area contributed by atoms with Crippen LogP contribution < -0.4 is 0 Å². The van der Waals surface area contributed by atoms with Gasteiger partial charge < -0.3 is 9.84 Å². The lowest BCUT2D eigenvalue weighted by Gasteiger charge is -2.00. The van der Waals surface area contributed by atoms with Gasteiger partial charge in [0.05, 0.1) is 18.6 Å². The van der Waals surface area contributed by atoms with Crippen LogP contribution in [0, 0.1) is 0 Å². The van der Waals surface area contributed by atoms with E-state index in [9.17, 15) is 9.59 Å². The zero-order valence-electron chi connectivity index (χ0n) is 9.85. The molecule has 0 saturated carbocycles. The maximum absolute atomic E-state index is 11.1. The van der Waals surface area contributed by atoms with E-state index in [0.717, 1.165) is 0 Å². The quantitative estimate of drug-likeness (QED) is 0.834. The highest BCUT2D eigenvalue weighted by atomic mass is 35.5. The van der Waals surface area contributed by atoms with Crippen LogP contribution >= 0.6 is 11.6 Å². The minimum Gasteiger partial charge on any atom is -0.478 e. The van der Waals surface area contributed by atoms with Crippen molar-refractivity contribution in [1.82, 2.24) is 0 Å². The molecule has 1 rings (SSSR count). The summed E-state index contributed by atoms with van der Waals surface area (Å²) in [4.78, 5) is 21.9. The van der Waals surface area contributed by atoms with Crippen LogP contribution in [0.3, 0.4) is 0 Å². The van der Waals surface area contributed by atoms with E-state index in [0.29, 0.717) is 17.2 Å². The van der Waals surface area contributed by atoms with Gasteiger partial charge in [-0.2, -0.15) is 0 Å². The molecule has 18 heavy (non-hydrogen) atoms. The Labute approximate surface area is 110 Å². The van der Waals surface area contributed by atoms with Crippen LogP contribution in [0.5, 0.6) is 0 Å². The average Bonchev–Trinajstić information content (AvgIpc) is 2.28. The molecule has 0 radical (unpaired) electrons. The van der Waals surface area contributed by atoms with Gasteiger partial charge >= 0.3 is 11.9 Å². The molecule has 4 nitrogen and oxygen atoms in total. The maximum Gasteiger partial charge on any atom is 0.335 e. The predicted molar refractivity (Wildman–Crippen MR) is 68.7 cm³/mol. The van der Waals surface area contributed by atoms with Crippen LogP contribution in [0.25, 0.3) is 6.08 Å². The molecular weight excluding hydrogens is 256 g/mol. The second-order valence-electron chi connectivity index (χ2n) is 3.49. The van der Waals surface area contributed by atoms with Crippen LogP contribution in [0.2, 0.25) is 5.02 Å². The number of hydrogen-bond acceptors (Lipinski definition) is 3. The fourth-order valence-corrected chi connectivity index (χ4v) is 1.59. The van der Waals surface area contributed by atoms with E-state index in [-0.39, 0.29) is 18.0 Å². The lowest BCUT2D eigenvalue weighted by atomic mass is 10.1. The van der Waals surface area contributed by atoms with Gasteiger partial charge in [0.25, 0.3) is 0 Å². The molecule has 0 bridgehead atoms. The van der Waals surface area contributed by atoms with E-state index in [1.807, 2.05) is 0 Å². The Kier molecular flexibility index (Phi) is 5.39. The molecule has 5 heteroatoms. The molecule has 0 saturated heterocycles. The highest BCUT2D eigenvalue weighted by Gasteiger charge is 2.05. The van der Waals surface area contributed by atoms with Crippen LogP contribution in [0.4, 0.5) is 0 Å². The summed E-state index contributed by atoms with van der Waals surface area (Å²) < 4.78 is 4.76. The third kappa shape index (κ3) is 4.59. The van der Waals surface area contributed by atoms with E-state index in [2.05, 4.69) is 0 Å². The molecule has 0 atom stereocenters. The van der Waals surface area contributed by atoms with Gasteiger partial charge in [0.1, 0.15) is 0 Å². The van der Waals surface area contributed by atoms with Gasteiger partial charge in [0, 0.05) is 5.02 Å². The summed E-state index contributed by atoms with van der Waals surface area (Å²) in [6, 6.07) is 4.47. The van der Waals surface area contributed by atoms with Gasteiger partial charge in [-0.25, -0.2) is 4.79 Å². The first-order chi connectivity index (χ1) is 8.52. The van der Waals surface area contributed by atoms with Crippen molar-refractivity contribution in [3.05, 3.63) is 40.4 Å². The summed E-state index contributed by atoms with van der Waals surface area (Å²) in [5.74, 6) is -1.37. The first kappa shape index (κ1) is 14.3. The van der Waals surface area contributed by atoms with Gasteiger partial charge in [-0.15, -0.1) is 0 Å². The Morgan fingerprint density at radius 1 is 1.39 bits per heavy atom. The number of esters is 1. The molecule has 0 unspecified atom stereocenters. The Bertz CT molecular complexity index is 480. The normalized spacial score (nSPS) is 10.6. The van der Waals surface area contributed by atoms with Crippen molar-refractivity contribution in [2.45, 2.75) is 13.3 Å². The van der Waals surface area contributed by atoms with Gasteiger partial charge in [0.2, 0.25) is 0 Å². The molecular formula is C13H13ClO4. The first-order valence-corrected chi connectivity index (χ1v) is 5.76. The molecule has 96 valence electrons. The number of hydrogen-bond donors (Lipinski definition) is 1. The average molecular weight is 269 g/mol. The number of carbonyl (C=O) groups excluding carboxylic acids is 1. The van der Waals surface area contributed by atoms with E-state index in [1.54, 1.807) is 25.1 Å². The number of benzene rings is 1. The zero-order valence-corrected chi connectivity index (χ0v) is 10.6. The van der Waals surface area contributed by atoms with Gasteiger partial charge in [-0.05, 0) is 30.7 Å². The lowest BCUT2D eigenvalue weighted by molar-refractivity contribution is -0.142. The number of rotatable bonds is 5. The van der Waals surface area contributed by atoms with Gasteiger partial charge in [-0.1, -0.05) is 23.8 Å². The summed E-state index contributed by atoms with van der Waals surface area (Å²) >= 11 is 5.80. The van der Waals surface area contributed by atoms with E-state index >= 15 is 0 Å². The Balaban J connectivity index is 2.75. The van der Waals surface area contributed by atoms with Crippen LogP contribution in [-0.4, -0.2) is 23.7 Å². The number of carboxylic acid groups (broad SMARTS) is 1. The molecule has 1 aromatic carbocycles. The second-order valence-corrected chi connectivity index (χ2v) is 3.93. The second kappa shape index (κ2) is 6.81. The number of carbonyl (C=O) groups is 2. The number of halogens is 1. The minimum atomic E-state index is -1.04. The standard InChI is InChI=1S/C13H13ClO4/c1-2-18-12(15)5-3-4-9-6-10(13(16)17)8-11(14)7-9/h3-4,6-8H,2,5H2,1H3,(H,16,17). The maximum atomic E-state index is 11.1. The highest BCUT2D eigenvalue weighted by molar-refractivity contribution is 6.31. The SMILES string of the molecule is CCOC(=O)CC=Cc1cc(Cl)cc(C(=O)O)c1. The highest BCUT2D eigenvalue weighted by Crippen LogP contribution is 2.16. The molecule has 0 aromatic heterocycles. The Hall–Kier alpha value is -1.81. The molecule has 0 aliphatic heterocycles. The van der Waals surface area contributed by atoms with Gasteiger partial charge in [-0.3, -0.25) is 4.79 Å². The van der Waals surface area contributed by atoms with E-state index in [4.69, 9.17) is 21.4 Å². The predicted octanol–water partition coefficient (Wildman–Crippen LogP) is 3.00. The minimum absolute atomic E-state index is 0.110. The van der Waals surface area contributed by atoms with Crippen molar-refractivity contribution in [2.75, 3.05) is 6.61 Å². The molecule has 0 spiro atoms. The zero-order chi connectivity index (χ0) is 13.5. The fourth-order valence-electron chi connectivity index (χ4n) is 1.34. The number of carboxylic acids is 1. The van der Waals surface area contributed by atoms with Crippen LogP contribution in [0.1, 0.15) is 29.3 Å². The third-order valence-electron chi connectivity index (χ3n) is 2.07. The molecule has 0 amide bonds. The Morgan fingerprint density at radius 3 is 2.72 bits per heavy atom. The molecule has 0 aliphatic carbocycles. The third-order valence-corrected chi connectivity index (χ3v) is 2.29. The van der Waals surface area contributed by atoms with Gasteiger partial charge in [0.15, 0.2) is 0 Å². The van der Waals surface area contributed by atoms with Crippen molar-refractivity contribution in [3.63, 3.8) is 0 Å². The molecule has 0 aliphatic rings. The van der Waals surface area contributed by atoms with Crippen molar-refractivity contribution >= 4 is 29.6 Å². The van der Waals surface area contributed by atoms with Crippen molar-refractivity contribution in [3.8, 4) is 0 Å². The smallest absolute Gasteiger partial charge is 0.335 e. The van der Waals surface area contributed by atoms with Crippen molar-refractivity contribution in [2.24, 2.45) is 0 Å². The van der Waals surface area contributed by atoms with Crippen LogP contribution in [0.15, 0.2) is 24.3 Å². The molecule has 1 N–H and O–H groups in total. The van der Waals surface area contributed by atoms with Crippen molar-refractivity contribution < 1.29 is 19.4 Å². The number of aromatic carboxylic acids is 1. The summed E-state index contributed by atoms with van der Waals surface area (Å²) in [5, 5.41) is 9.20. The Morgan fingerprint density at radius 2 is 2.11 bits per heavy atom. The molecule has 0 fully saturated rings. The van der Waals surface area contributed by atoms with Crippen molar-refractivity contribution in [1.29, 1.82) is 0 Å².